The van der Waals surface area contributed by atoms with Gasteiger partial charge in [0, 0.05) is 5.33 Å². The standard InChI is InChI=1S/C14H17BBrF3O4/c1-12(2)13(3,23-15(21)22-12)11(20)10-6-9(14(17,18)19)5-4-8(10)7-16/h4-6,11,20-21H,7H2,1-3H3. The van der Waals surface area contributed by atoms with E-state index in [9.17, 15) is 23.3 Å². The molecule has 0 radical (unpaired) electrons. The number of alkyl halides is 4. The van der Waals surface area contributed by atoms with Crippen LogP contribution >= 0.6 is 15.9 Å². The predicted molar refractivity (Wildman–Crippen MR) is 81.7 cm³/mol. The molecule has 0 saturated carbocycles. The molecule has 0 amide bonds. The van der Waals surface area contributed by atoms with Crippen LogP contribution in [0.4, 0.5) is 13.2 Å². The summed E-state index contributed by atoms with van der Waals surface area (Å²) in [5, 5.41) is 20.6. The maximum atomic E-state index is 13.0. The highest BCUT2D eigenvalue weighted by molar-refractivity contribution is 9.08. The van der Waals surface area contributed by atoms with Crippen molar-refractivity contribution in [3.8, 4) is 0 Å². The Morgan fingerprint density at radius 3 is 2.30 bits per heavy atom. The molecule has 1 aliphatic rings. The third kappa shape index (κ3) is 3.30. The second-order valence-electron chi connectivity index (χ2n) is 6.11. The summed E-state index contributed by atoms with van der Waals surface area (Å²) in [7, 11) is -1.55. The van der Waals surface area contributed by atoms with Crippen LogP contribution in [0.3, 0.4) is 0 Å². The molecule has 2 atom stereocenters. The van der Waals surface area contributed by atoms with Crippen molar-refractivity contribution < 1.29 is 32.6 Å². The normalized spacial score (nSPS) is 25.7. The first-order chi connectivity index (χ1) is 10.4. The Bertz CT molecular complexity index is 596. The van der Waals surface area contributed by atoms with E-state index < -0.39 is 36.4 Å². The van der Waals surface area contributed by atoms with Crippen LogP contribution in [0.1, 0.15) is 43.6 Å². The van der Waals surface area contributed by atoms with Gasteiger partial charge in [-0.25, -0.2) is 0 Å². The Kier molecular flexibility index (Phi) is 4.92. The third-order valence-electron chi connectivity index (χ3n) is 4.37. The molecule has 0 aromatic heterocycles. The fourth-order valence-corrected chi connectivity index (χ4v) is 3.09. The number of hydrogen-bond donors (Lipinski definition) is 2. The maximum Gasteiger partial charge on any atom is 0.637 e. The SMILES string of the molecule is CC1(C)OB(O)OC1(C)C(O)c1cc(C(F)(F)F)ccc1CBr. The van der Waals surface area contributed by atoms with Gasteiger partial charge in [0.05, 0.1) is 11.2 Å². The van der Waals surface area contributed by atoms with E-state index in [-0.39, 0.29) is 10.9 Å². The molecule has 0 spiro atoms. The van der Waals surface area contributed by atoms with Crippen molar-refractivity contribution in [2.75, 3.05) is 0 Å². The van der Waals surface area contributed by atoms with E-state index >= 15 is 0 Å². The van der Waals surface area contributed by atoms with E-state index in [4.69, 9.17) is 9.31 Å². The van der Waals surface area contributed by atoms with Crippen LogP contribution in [0.5, 0.6) is 0 Å². The molecule has 2 N–H and O–H groups in total. The van der Waals surface area contributed by atoms with Gasteiger partial charge in [-0.15, -0.1) is 0 Å². The Morgan fingerprint density at radius 1 is 1.26 bits per heavy atom. The summed E-state index contributed by atoms with van der Waals surface area (Å²) < 4.78 is 49.4. The van der Waals surface area contributed by atoms with Crippen molar-refractivity contribution in [3.05, 3.63) is 34.9 Å². The quantitative estimate of drug-likeness (QED) is 0.608. The highest BCUT2D eigenvalue weighted by Crippen LogP contribution is 2.46. The van der Waals surface area contributed by atoms with Crippen LogP contribution in [-0.2, 0) is 20.8 Å². The van der Waals surface area contributed by atoms with E-state index in [1.807, 2.05) is 0 Å². The molecule has 1 aliphatic heterocycles. The molecule has 23 heavy (non-hydrogen) atoms. The van der Waals surface area contributed by atoms with E-state index in [1.54, 1.807) is 13.8 Å². The zero-order chi connectivity index (χ0) is 17.6. The third-order valence-corrected chi connectivity index (χ3v) is 4.97. The van der Waals surface area contributed by atoms with Crippen molar-refractivity contribution in [2.45, 2.75) is 49.6 Å². The molecule has 1 heterocycles. The lowest BCUT2D eigenvalue weighted by Crippen LogP contribution is -2.49. The second kappa shape index (κ2) is 6.04. The lowest BCUT2D eigenvalue weighted by atomic mass is 9.78. The molecule has 4 nitrogen and oxygen atoms in total. The Morgan fingerprint density at radius 2 is 1.87 bits per heavy atom. The van der Waals surface area contributed by atoms with Gasteiger partial charge in [0.2, 0.25) is 0 Å². The minimum atomic E-state index is -4.53. The van der Waals surface area contributed by atoms with E-state index in [0.717, 1.165) is 12.1 Å². The van der Waals surface area contributed by atoms with Gasteiger partial charge in [0.25, 0.3) is 0 Å². The van der Waals surface area contributed by atoms with Gasteiger partial charge in [-0.05, 0) is 44.0 Å². The van der Waals surface area contributed by atoms with Gasteiger partial charge in [-0.2, -0.15) is 13.2 Å². The van der Waals surface area contributed by atoms with Crippen LogP contribution in [0.15, 0.2) is 18.2 Å². The Hall–Kier alpha value is -0.605. The van der Waals surface area contributed by atoms with Gasteiger partial charge in [0.15, 0.2) is 0 Å². The monoisotopic (exact) mass is 396 g/mol. The largest absolute Gasteiger partial charge is 0.637 e. The summed E-state index contributed by atoms with van der Waals surface area (Å²) in [5.74, 6) is 0. The van der Waals surface area contributed by atoms with Crippen LogP contribution < -0.4 is 0 Å². The summed E-state index contributed by atoms with van der Waals surface area (Å²) in [6.45, 7) is 4.67. The van der Waals surface area contributed by atoms with Gasteiger partial charge in [-0.3, -0.25) is 0 Å². The molecule has 9 heteroatoms. The molecule has 1 saturated heterocycles. The summed E-state index contributed by atoms with van der Waals surface area (Å²) in [4.78, 5) is 0. The van der Waals surface area contributed by atoms with Crippen molar-refractivity contribution in [3.63, 3.8) is 0 Å². The fraction of sp³-hybridized carbons (Fsp3) is 0.571. The number of halogens is 4. The Balaban J connectivity index is 2.52. The minimum Gasteiger partial charge on any atom is -0.402 e. The van der Waals surface area contributed by atoms with Gasteiger partial charge >= 0.3 is 13.5 Å². The first-order valence-corrected chi connectivity index (χ1v) is 8.02. The first-order valence-electron chi connectivity index (χ1n) is 6.90. The molecule has 1 aromatic rings. The highest BCUT2D eigenvalue weighted by atomic mass is 79.9. The van der Waals surface area contributed by atoms with Crippen molar-refractivity contribution in [2.24, 2.45) is 0 Å². The van der Waals surface area contributed by atoms with E-state index in [1.165, 1.54) is 13.0 Å². The zero-order valence-electron chi connectivity index (χ0n) is 12.8. The predicted octanol–water partition coefficient (Wildman–Crippen LogP) is 3.20. The number of aliphatic hydroxyl groups excluding tert-OH is 1. The van der Waals surface area contributed by atoms with Crippen LogP contribution in [0.2, 0.25) is 0 Å². The number of hydrogen-bond acceptors (Lipinski definition) is 4. The second-order valence-corrected chi connectivity index (χ2v) is 6.67. The summed E-state index contributed by atoms with van der Waals surface area (Å²) in [5.41, 5.74) is -2.83. The molecule has 2 unspecified atom stereocenters. The van der Waals surface area contributed by atoms with Crippen LogP contribution in [0.25, 0.3) is 0 Å². The smallest absolute Gasteiger partial charge is 0.402 e. The minimum absolute atomic E-state index is 0.0741. The fourth-order valence-electron chi connectivity index (χ4n) is 2.58. The van der Waals surface area contributed by atoms with Gasteiger partial charge < -0.3 is 19.4 Å². The molecule has 1 fully saturated rings. The summed E-state index contributed by atoms with van der Waals surface area (Å²) in [6.07, 6.45) is -5.95. The maximum absolute atomic E-state index is 13.0. The van der Waals surface area contributed by atoms with Gasteiger partial charge in [0.1, 0.15) is 11.7 Å². The molecular weight excluding hydrogens is 380 g/mol. The lowest BCUT2D eigenvalue weighted by molar-refractivity contribution is -0.138. The average molecular weight is 397 g/mol. The van der Waals surface area contributed by atoms with Gasteiger partial charge in [-0.1, -0.05) is 22.0 Å². The molecular formula is C14H17BBrF3O4. The molecule has 0 bridgehead atoms. The van der Waals surface area contributed by atoms with E-state index in [2.05, 4.69) is 15.9 Å². The average Bonchev–Trinajstić information content (AvgIpc) is 2.64. The van der Waals surface area contributed by atoms with Crippen LogP contribution in [-0.4, -0.2) is 28.7 Å². The topological polar surface area (TPSA) is 58.9 Å². The van der Waals surface area contributed by atoms with E-state index in [0.29, 0.717) is 5.56 Å². The number of rotatable bonds is 3. The van der Waals surface area contributed by atoms with Crippen molar-refractivity contribution >= 4 is 23.3 Å². The Labute approximate surface area is 140 Å². The molecule has 128 valence electrons. The lowest BCUT2D eigenvalue weighted by Gasteiger charge is -2.40. The number of benzene rings is 1. The van der Waals surface area contributed by atoms with Crippen molar-refractivity contribution in [1.29, 1.82) is 0 Å². The summed E-state index contributed by atoms with van der Waals surface area (Å²) in [6, 6.07) is 3.16. The summed E-state index contributed by atoms with van der Waals surface area (Å²) >= 11 is 3.20. The first kappa shape index (κ1) is 18.7. The molecule has 1 aromatic carbocycles. The number of aliphatic hydroxyl groups is 1. The molecule has 0 aliphatic carbocycles. The van der Waals surface area contributed by atoms with Crippen molar-refractivity contribution in [1.82, 2.24) is 0 Å². The van der Waals surface area contributed by atoms with Crippen LogP contribution in [0, 0.1) is 0 Å². The molecule has 2 rings (SSSR count). The highest BCUT2D eigenvalue weighted by Gasteiger charge is 2.59. The zero-order valence-corrected chi connectivity index (χ0v) is 14.4.